The van der Waals surface area contributed by atoms with Crippen LogP contribution in [0.4, 0.5) is 4.39 Å². The van der Waals surface area contributed by atoms with E-state index in [1.807, 2.05) is 0 Å². The van der Waals surface area contributed by atoms with E-state index in [-0.39, 0.29) is 5.52 Å². The Morgan fingerprint density at radius 1 is 1.38 bits per heavy atom. The molecule has 0 amide bonds. The zero-order valence-corrected chi connectivity index (χ0v) is 7.92. The molecule has 0 radical (unpaired) electrons. The van der Waals surface area contributed by atoms with E-state index in [1.165, 1.54) is 18.3 Å². The van der Waals surface area contributed by atoms with E-state index in [4.69, 9.17) is 5.11 Å². The average molecular weight is 243 g/mol. The van der Waals surface area contributed by atoms with Crippen molar-refractivity contribution < 1.29 is 9.50 Å². The number of rotatable bonds is 0. The van der Waals surface area contributed by atoms with Crippen molar-refractivity contribution in [3.8, 4) is 5.75 Å². The molecular weight excluding hydrogens is 239 g/mol. The first-order valence-corrected chi connectivity index (χ1v) is 4.27. The molecule has 3 nitrogen and oxygen atoms in total. The molecule has 0 fully saturated rings. The first kappa shape index (κ1) is 8.37. The summed E-state index contributed by atoms with van der Waals surface area (Å²) in [6.45, 7) is 0. The van der Waals surface area contributed by atoms with Crippen molar-refractivity contribution in [3.05, 3.63) is 28.7 Å². The summed E-state index contributed by atoms with van der Waals surface area (Å²) in [6, 6.07) is 2.75. The second-order valence-corrected chi connectivity index (χ2v) is 3.27. The van der Waals surface area contributed by atoms with Gasteiger partial charge in [0, 0.05) is 0 Å². The Kier molecular flexibility index (Phi) is 1.88. The van der Waals surface area contributed by atoms with Crippen LogP contribution in [-0.2, 0) is 0 Å². The van der Waals surface area contributed by atoms with Gasteiger partial charge < -0.3 is 5.11 Å². The third-order valence-electron chi connectivity index (χ3n) is 1.60. The summed E-state index contributed by atoms with van der Waals surface area (Å²) in [7, 11) is 0. The van der Waals surface area contributed by atoms with Crippen molar-refractivity contribution in [1.82, 2.24) is 9.97 Å². The molecule has 1 heterocycles. The molecule has 0 aliphatic rings. The minimum absolute atomic E-state index is 0.0724. The summed E-state index contributed by atoms with van der Waals surface area (Å²) in [4.78, 5) is 7.78. The number of fused-ring (bicyclic) bond motifs is 1. The number of phenols is 1. The lowest BCUT2D eigenvalue weighted by atomic mass is 10.3. The lowest BCUT2D eigenvalue weighted by molar-refractivity contribution is 0.435. The highest BCUT2D eigenvalue weighted by atomic mass is 79.9. The summed E-state index contributed by atoms with van der Waals surface area (Å²) >= 11 is 3.12. The van der Waals surface area contributed by atoms with Gasteiger partial charge in [-0.25, -0.2) is 14.4 Å². The van der Waals surface area contributed by atoms with Gasteiger partial charge in [0.2, 0.25) is 0 Å². The quantitative estimate of drug-likeness (QED) is 0.771. The molecule has 66 valence electrons. The minimum Gasteiger partial charge on any atom is -0.505 e. The van der Waals surface area contributed by atoms with Gasteiger partial charge in [-0.2, -0.15) is 0 Å². The Bertz CT molecular complexity index is 475. The second kappa shape index (κ2) is 2.92. The number of nitrogens with zero attached hydrogens (tertiary/aromatic N) is 2. The van der Waals surface area contributed by atoms with Gasteiger partial charge in [0.05, 0.1) is 11.7 Å². The first-order chi connectivity index (χ1) is 6.18. The monoisotopic (exact) mass is 242 g/mol. The molecule has 13 heavy (non-hydrogen) atoms. The molecule has 0 bridgehead atoms. The third kappa shape index (κ3) is 1.35. The number of hydrogen-bond donors (Lipinski definition) is 1. The molecule has 0 aliphatic carbocycles. The zero-order chi connectivity index (χ0) is 9.42. The van der Waals surface area contributed by atoms with Crippen molar-refractivity contribution in [3.63, 3.8) is 0 Å². The predicted octanol–water partition coefficient (Wildman–Crippen LogP) is 2.24. The van der Waals surface area contributed by atoms with Crippen LogP contribution in [0.2, 0.25) is 0 Å². The van der Waals surface area contributed by atoms with E-state index >= 15 is 0 Å². The molecule has 2 aromatic rings. The van der Waals surface area contributed by atoms with Gasteiger partial charge in [-0.15, -0.1) is 0 Å². The fraction of sp³-hybridized carbons (Fsp3) is 0. The maximum Gasteiger partial charge on any atom is 0.192 e. The highest BCUT2D eigenvalue weighted by molar-refractivity contribution is 9.10. The van der Waals surface area contributed by atoms with E-state index in [1.54, 1.807) is 0 Å². The van der Waals surface area contributed by atoms with E-state index in [9.17, 15) is 4.39 Å². The van der Waals surface area contributed by atoms with Gasteiger partial charge >= 0.3 is 0 Å². The molecule has 0 atom stereocenters. The average Bonchev–Trinajstić information content (AvgIpc) is 2.12. The summed E-state index contributed by atoms with van der Waals surface area (Å²) in [6.07, 6.45) is 1.38. The molecular formula is C8H4BrFN2O. The van der Waals surface area contributed by atoms with Crippen molar-refractivity contribution in [2.24, 2.45) is 0 Å². The number of halogens is 2. The Balaban J connectivity index is 2.87. The SMILES string of the molecule is Oc1ccc2nc(Br)cnc2c1F. The summed E-state index contributed by atoms with van der Waals surface area (Å²) in [5.41, 5.74) is 0.480. The number of hydrogen-bond acceptors (Lipinski definition) is 3. The highest BCUT2D eigenvalue weighted by Crippen LogP contribution is 2.23. The van der Waals surface area contributed by atoms with E-state index in [2.05, 4.69) is 25.9 Å². The number of aromatic hydroxyl groups is 1. The topological polar surface area (TPSA) is 46.0 Å². The van der Waals surface area contributed by atoms with Gasteiger partial charge in [0.1, 0.15) is 10.1 Å². The van der Waals surface area contributed by atoms with Crippen LogP contribution in [0, 0.1) is 5.82 Å². The highest BCUT2D eigenvalue weighted by Gasteiger charge is 2.07. The van der Waals surface area contributed by atoms with E-state index < -0.39 is 11.6 Å². The Labute approximate surface area is 81.4 Å². The van der Waals surface area contributed by atoms with Crippen molar-refractivity contribution in [1.29, 1.82) is 0 Å². The van der Waals surface area contributed by atoms with Gasteiger partial charge in [-0.3, -0.25) is 0 Å². The number of aromatic nitrogens is 2. The fourth-order valence-corrected chi connectivity index (χ4v) is 1.31. The van der Waals surface area contributed by atoms with Crippen molar-refractivity contribution in [2.75, 3.05) is 0 Å². The second-order valence-electron chi connectivity index (χ2n) is 2.46. The Morgan fingerprint density at radius 3 is 2.92 bits per heavy atom. The van der Waals surface area contributed by atoms with Crippen LogP contribution in [0.5, 0.6) is 5.75 Å². The lowest BCUT2D eigenvalue weighted by Gasteiger charge is -1.99. The smallest absolute Gasteiger partial charge is 0.192 e. The van der Waals surface area contributed by atoms with Crippen LogP contribution in [0.3, 0.4) is 0 Å². The molecule has 1 aromatic heterocycles. The third-order valence-corrected chi connectivity index (χ3v) is 1.98. The first-order valence-electron chi connectivity index (χ1n) is 3.48. The minimum atomic E-state index is -0.738. The summed E-state index contributed by atoms with van der Waals surface area (Å²) in [5.74, 6) is -1.15. The van der Waals surface area contributed by atoms with Crippen molar-refractivity contribution in [2.45, 2.75) is 0 Å². The van der Waals surface area contributed by atoms with E-state index in [0.717, 1.165) is 0 Å². The normalized spacial score (nSPS) is 10.6. The molecule has 1 aromatic carbocycles. The van der Waals surface area contributed by atoms with Gasteiger partial charge in [0.25, 0.3) is 0 Å². The molecule has 0 spiro atoms. The maximum atomic E-state index is 13.2. The fourth-order valence-electron chi connectivity index (χ4n) is 1.02. The lowest BCUT2D eigenvalue weighted by Crippen LogP contribution is -1.88. The summed E-state index contributed by atoms with van der Waals surface area (Å²) < 4.78 is 13.7. The van der Waals surface area contributed by atoms with Crippen LogP contribution < -0.4 is 0 Å². The van der Waals surface area contributed by atoms with E-state index in [0.29, 0.717) is 10.1 Å². The van der Waals surface area contributed by atoms with Crippen LogP contribution in [0.1, 0.15) is 0 Å². The largest absolute Gasteiger partial charge is 0.505 e. The van der Waals surface area contributed by atoms with Gasteiger partial charge in [0.15, 0.2) is 11.6 Å². The van der Waals surface area contributed by atoms with Gasteiger partial charge in [-0.1, -0.05) is 0 Å². The van der Waals surface area contributed by atoms with Crippen molar-refractivity contribution >= 4 is 27.0 Å². The van der Waals surface area contributed by atoms with Crippen LogP contribution in [0.25, 0.3) is 11.0 Å². The molecule has 2 rings (SSSR count). The molecule has 0 unspecified atom stereocenters. The number of phenolic OH excluding ortho intramolecular Hbond substituents is 1. The summed E-state index contributed by atoms with van der Waals surface area (Å²) in [5, 5.41) is 9.03. The molecule has 5 heteroatoms. The molecule has 0 aliphatic heterocycles. The maximum absolute atomic E-state index is 13.2. The standard InChI is InChI=1S/C8H4BrFN2O/c9-6-3-11-8-4(12-6)1-2-5(13)7(8)10/h1-3,13H. The van der Waals surface area contributed by atoms with Crippen LogP contribution >= 0.6 is 15.9 Å². The van der Waals surface area contributed by atoms with Crippen LogP contribution in [-0.4, -0.2) is 15.1 Å². The van der Waals surface area contributed by atoms with Crippen LogP contribution in [0.15, 0.2) is 22.9 Å². The Hall–Kier alpha value is -1.23. The Morgan fingerprint density at radius 2 is 2.15 bits per heavy atom. The number of benzene rings is 1. The van der Waals surface area contributed by atoms with Gasteiger partial charge in [-0.05, 0) is 28.1 Å². The predicted molar refractivity (Wildman–Crippen MR) is 48.9 cm³/mol. The molecule has 1 N–H and O–H groups in total. The molecule has 0 saturated heterocycles. The molecule has 0 saturated carbocycles. The zero-order valence-electron chi connectivity index (χ0n) is 6.33.